The van der Waals surface area contributed by atoms with Crippen LogP contribution in [0.15, 0.2) is 78.9 Å². The molecule has 9 heteroatoms. The number of aliphatic hydroxyl groups is 1. The SMILES string of the molecule is CC[C@H](C)[C@H](CO)N1C(=O)[C@@H]2[C@H]3C(=O)N(c4ccccc4)CC=C[C@H]3O[C@@]23C=CCN(c2ccc(OC)cc2)C(=O)C13. The molecule has 0 bridgehead atoms. The van der Waals surface area contributed by atoms with Gasteiger partial charge in [-0.25, -0.2) is 0 Å². The lowest BCUT2D eigenvalue weighted by molar-refractivity contribution is -0.145. The molecule has 2 saturated heterocycles. The lowest BCUT2D eigenvalue weighted by Gasteiger charge is -2.40. The van der Waals surface area contributed by atoms with E-state index in [1.807, 2.05) is 80.6 Å². The maximum absolute atomic E-state index is 14.6. The van der Waals surface area contributed by atoms with E-state index in [-0.39, 0.29) is 36.8 Å². The highest BCUT2D eigenvalue weighted by Gasteiger charge is 2.72. The van der Waals surface area contributed by atoms with Gasteiger partial charge in [0.05, 0.1) is 37.7 Å². The van der Waals surface area contributed by atoms with E-state index in [0.717, 1.165) is 5.69 Å². The van der Waals surface area contributed by atoms with E-state index in [1.54, 1.807) is 29.0 Å². The third-order valence-electron chi connectivity index (χ3n) is 9.39. The van der Waals surface area contributed by atoms with E-state index in [1.165, 1.54) is 4.90 Å². The first-order chi connectivity index (χ1) is 20.4. The van der Waals surface area contributed by atoms with E-state index >= 15 is 0 Å². The van der Waals surface area contributed by atoms with E-state index in [2.05, 4.69) is 0 Å². The number of ether oxygens (including phenoxy) is 2. The van der Waals surface area contributed by atoms with Crippen molar-refractivity contribution in [2.24, 2.45) is 17.8 Å². The minimum atomic E-state index is -1.37. The van der Waals surface area contributed by atoms with Gasteiger partial charge in [-0.2, -0.15) is 0 Å². The van der Waals surface area contributed by atoms with Gasteiger partial charge in [0.2, 0.25) is 11.8 Å². The Hall–Kier alpha value is -3.95. The molecule has 4 heterocycles. The number of likely N-dealkylation sites (tertiary alicyclic amines) is 1. The van der Waals surface area contributed by atoms with Gasteiger partial charge in [0, 0.05) is 24.5 Å². The molecular formula is C33H37N3O6. The van der Waals surface area contributed by atoms with Crippen LogP contribution in [0.5, 0.6) is 5.75 Å². The summed E-state index contributed by atoms with van der Waals surface area (Å²) >= 11 is 0. The molecule has 2 aromatic rings. The zero-order valence-corrected chi connectivity index (χ0v) is 24.1. The smallest absolute Gasteiger partial charge is 0.253 e. The minimum absolute atomic E-state index is 0.0920. The molecule has 2 fully saturated rings. The Morgan fingerprint density at radius 2 is 1.62 bits per heavy atom. The van der Waals surface area contributed by atoms with Crippen LogP contribution in [-0.4, -0.2) is 78.3 Å². The summed E-state index contributed by atoms with van der Waals surface area (Å²) in [4.78, 5) is 48.4. The van der Waals surface area contributed by atoms with Crippen LogP contribution in [0.2, 0.25) is 0 Å². The molecule has 6 rings (SSSR count). The second kappa shape index (κ2) is 11.0. The summed E-state index contributed by atoms with van der Waals surface area (Å²) in [6.45, 7) is 4.27. The normalized spacial score (nSPS) is 30.0. The standard InChI is InChI=1S/C33H37N3O6/c1-4-21(2)25(20-37)36-29-32(40)35(23-13-15-24(41-3)16-14-23)19-9-17-33(29)28(31(36)39)27-26(42-33)12-8-18-34(30(27)38)22-10-6-5-7-11-22/h5-17,21,25-29,37H,4,18-20H2,1-3H3/t21-,25-,26+,27-,28-,29?,33-/m0/s1. The number of benzene rings is 2. The van der Waals surface area contributed by atoms with Crippen molar-refractivity contribution >= 4 is 29.1 Å². The van der Waals surface area contributed by atoms with Crippen molar-refractivity contribution < 1.29 is 29.0 Å². The molecule has 9 nitrogen and oxygen atoms in total. The van der Waals surface area contributed by atoms with Gasteiger partial charge >= 0.3 is 0 Å². The predicted octanol–water partition coefficient (Wildman–Crippen LogP) is 3.19. The minimum Gasteiger partial charge on any atom is -0.497 e. The molecule has 1 spiro atoms. The average Bonchev–Trinajstić information content (AvgIpc) is 3.33. The van der Waals surface area contributed by atoms with Gasteiger partial charge in [-0.05, 0) is 42.3 Å². The number of hydrogen-bond donors (Lipinski definition) is 1. The maximum Gasteiger partial charge on any atom is 0.253 e. The number of nitrogens with zero attached hydrogens (tertiary/aromatic N) is 3. The number of hydrogen-bond acceptors (Lipinski definition) is 6. The number of fused-ring (bicyclic) bond motifs is 2. The lowest BCUT2D eigenvalue weighted by Crippen LogP contribution is -2.59. The van der Waals surface area contributed by atoms with Crippen LogP contribution in [0.3, 0.4) is 0 Å². The van der Waals surface area contributed by atoms with Crippen molar-refractivity contribution in [1.82, 2.24) is 4.90 Å². The number of rotatable bonds is 7. The molecule has 0 aliphatic carbocycles. The van der Waals surface area contributed by atoms with Crippen LogP contribution < -0.4 is 14.5 Å². The third kappa shape index (κ3) is 4.25. The van der Waals surface area contributed by atoms with Crippen molar-refractivity contribution in [3.8, 4) is 5.75 Å². The molecule has 0 aromatic heterocycles. The molecule has 3 amide bonds. The first kappa shape index (κ1) is 28.2. The molecule has 1 unspecified atom stereocenters. The van der Waals surface area contributed by atoms with Crippen LogP contribution in [0.4, 0.5) is 11.4 Å². The summed E-state index contributed by atoms with van der Waals surface area (Å²) in [6, 6.07) is 14.9. The fraction of sp³-hybridized carbons (Fsp3) is 0.424. The zero-order chi connectivity index (χ0) is 29.6. The Morgan fingerprint density at radius 3 is 2.29 bits per heavy atom. The van der Waals surface area contributed by atoms with Crippen molar-refractivity contribution in [3.05, 3.63) is 78.9 Å². The van der Waals surface area contributed by atoms with Gasteiger partial charge in [-0.1, -0.05) is 62.8 Å². The van der Waals surface area contributed by atoms with E-state index in [0.29, 0.717) is 24.4 Å². The fourth-order valence-corrected chi connectivity index (χ4v) is 7.08. The molecule has 42 heavy (non-hydrogen) atoms. The number of amides is 3. The second-order valence-electron chi connectivity index (χ2n) is 11.5. The van der Waals surface area contributed by atoms with Crippen LogP contribution in [0.25, 0.3) is 0 Å². The second-order valence-corrected chi connectivity index (χ2v) is 11.5. The van der Waals surface area contributed by atoms with Gasteiger partial charge in [0.1, 0.15) is 17.4 Å². The zero-order valence-electron chi connectivity index (χ0n) is 24.1. The Balaban J connectivity index is 1.47. The molecule has 7 atom stereocenters. The predicted molar refractivity (Wildman–Crippen MR) is 158 cm³/mol. The topological polar surface area (TPSA) is 99.6 Å². The van der Waals surface area contributed by atoms with Gasteiger partial charge < -0.3 is 29.3 Å². The summed E-state index contributed by atoms with van der Waals surface area (Å²) in [6.07, 6.45) is 7.46. The number of methoxy groups -OCH3 is 1. The summed E-state index contributed by atoms with van der Waals surface area (Å²) in [5, 5.41) is 10.6. The molecule has 220 valence electrons. The highest BCUT2D eigenvalue weighted by Crippen LogP contribution is 2.54. The van der Waals surface area contributed by atoms with E-state index in [9.17, 15) is 19.5 Å². The van der Waals surface area contributed by atoms with Crippen molar-refractivity contribution in [3.63, 3.8) is 0 Å². The summed E-state index contributed by atoms with van der Waals surface area (Å²) in [5.74, 6) is -2.05. The molecule has 2 aromatic carbocycles. The number of aliphatic hydroxyl groups excluding tert-OH is 1. The Bertz CT molecular complexity index is 1410. The van der Waals surface area contributed by atoms with E-state index < -0.39 is 35.6 Å². The van der Waals surface area contributed by atoms with Crippen molar-refractivity contribution in [2.45, 2.75) is 44.1 Å². The van der Waals surface area contributed by atoms with Crippen LogP contribution in [-0.2, 0) is 19.1 Å². The van der Waals surface area contributed by atoms with Crippen molar-refractivity contribution in [2.75, 3.05) is 36.6 Å². The quantitative estimate of drug-likeness (QED) is 0.513. The molecule has 4 aliphatic heterocycles. The number of carbonyl (C=O) groups is 3. The molecule has 1 N–H and O–H groups in total. The summed E-state index contributed by atoms with van der Waals surface area (Å²) in [7, 11) is 1.58. The van der Waals surface area contributed by atoms with E-state index in [4.69, 9.17) is 9.47 Å². The first-order valence-corrected chi connectivity index (χ1v) is 14.6. The average molecular weight is 572 g/mol. The van der Waals surface area contributed by atoms with Crippen molar-refractivity contribution in [1.29, 1.82) is 0 Å². The Morgan fingerprint density at radius 1 is 0.952 bits per heavy atom. The Labute approximate surface area is 246 Å². The van der Waals surface area contributed by atoms with Crippen LogP contribution >= 0.6 is 0 Å². The summed E-state index contributed by atoms with van der Waals surface area (Å²) < 4.78 is 12.1. The highest BCUT2D eigenvalue weighted by molar-refractivity contribution is 6.07. The van der Waals surface area contributed by atoms with Crippen LogP contribution in [0.1, 0.15) is 20.3 Å². The number of carbonyl (C=O) groups excluding carboxylic acids is 3. The monoisotopic (exact) mass is 571 g/mol. The molecule has 0 radical (unpaired) electrons. The van der Waals surface area contributed by atoms with Gasteiger partial charge in [0.15, 0.2) is 0 Å². The first-order valence-electron chi connectivity index (χ1n) is 14.6. The third-order valence-corrected chi connectivity index (χ3v) is 9.39. The number of anilines is 2. The molecule has 4 aliphatic rings. The Kier molecular flexibility index (Phi) is 7.41. The molecular weight excluding hydrogens is 534 g/mol. The fourth-order valence-electron chi connectivity index (χ4n) is 7.08. The maximum atomic E-state index is 14.6. The van der Waals surface area contributed by atoms with Crippen LogP contribution in [0, 0.1) is 17.8 Å². The van der Waals surface area contributed by atoms with Gasteiger partial charge in [-0.3, -0.25) is 14.4 Å². The number of para-hydroxylation sites is 1. The lowest BCUT2D eigenvalue weighted by atomic mass is 9.77. The largest absolute Gasteiger partial charge is 0.497 e. The highest BCUT2D eigenvalue weighted by atomic mass is 16.5. The molecule has 0 saturated carbocycles. The van der Waals surface area contributed by atoms with Gasteiger partial charge in [0.25, 0.3) is 5.91 Å². The summed E-state index contributed by atoms with van der Waals surface area (Å²) in [5.41, 5.74) is 0.0187. The van der Waals surface area contributed by atoms with Gasteiger partial charge in [-0.15, -0.1) is 0 Å².